The van der Waals surface area contributed by atoms with Gasteiger partial charge in [0.15, 0.2) is 0 Å². The third kappa shape index (κ3) is 0.978. The lowest BCUT2D eigenvalue weighted by atomic mass is 9.95. The lowest BCUT2D eigenvalue weighted by Gasteiger charge is -2.23. The highest BCUT2D eigenvalue weighted by molar-refractivity contribution is 5.50. The molecule has 1 saturated carbocycles. The Bertz CT molecular complexity index is 520. The quantitative estimate of drug-likeness (QED) is 0.658. The van der Waals surface area contributed by atoms with Crippen LogP contribution in [0.2, 0.25) is 0 Å². The van der Waals surface area contributed by atoms with Crippen molar-refractivity contribution in [3.8, 4) is 0 Å². The molecule has 1 aromatic rings. The van der Waals surface area contributed by atoms with Crippen LogP contribution in [0.15, 0.2) is 0 Å². The lowest BCUT2D eigenvalue weighted by Crippen LogP contribution is -2.41. The molecule has 0 atom stereocenters. The standard InChI is InChI=1S/C11H10F4N2/c1-5-7-8(17-6(2)16-5)10(12,13)11(14,15)9(7)3-4-9/h3-4H2,1-2H3. The smallest absolute Gasteiger partial charge is 0.238 e. The van der Waals surface area contributed by atoms with Crippen molar-refractivity contribution >= 4 is 0 Å². The van der Waals surface area contributed by atoms with Gasteiger partial charge in [-0.15, -0.1) is 0 Å². The maximum Gasteiger partial charge on any atom is 0.353 e. The minimum atomic E-state index is -4.18. The van der Waals surface area contributed by atoms with Crippen LogP contribution in [0.4, 0.5) is 17.6 Å². The van der Waals surface area contributed by atoms with Gasteiger partial charge >= 0.3 is 11.8 Å². The van der Waals surface area contributed by atoms with Crippen LogP contribution < -0.4 is 0 Å². The second kappa shape index (κ2) is 2.62. The molecule has 6 heteroatoms. The molecule has 17 heavy (non-hydrogen) atoms. The van der Waals surface area contributed by atoms with E-state index in [2.05, 4.69) is 9.97 Å². The third-order valence-corrected chi connectivity index (χ3v) is 3.72. The number of hydrogen-bond acceptors (Lipinski definition) is 2. The van der Waals surface area contributed by atoms with Crippen molar-refractivity contribution in [2.75, 3.05) is 0 Å². The zero-order chi connectivity index (χ0) is 12.6. The van der Waals surface area contributed by atoms with Gasteiger partial charge in [-0.3, -0.25) is 0 Å². The van der Waals surface area contributed by atoms with Gasteiger partial charge in [0.25, 0.3) is 0 Å². The normalized spacial score (nSPS) is 26.0. The molecule has 1 aromatic heterocycles. The average Bonchev–Trinajstić information content (AvgIpc) is 2.94. The predicted molar refractivity (Wildman–Crippen MR) is 51.3 cm³/mol. The SMILES string of the molecule is Cc1nc(C)c2c(n1)C(F)(F)C(F)(F)C21CC1. The minimum absolute atomic E-state index is 0.0295. The van der Waals surface area contributed by atoms with Crippen LogP contribution >= 0.6 is 0 Å². The van der Waals surface area contributed by atoms with E-state index in [0.717, 1.165) is 0 Å². The highest BCUT2D eigenvalue weighted by atomic mass is 19.3. The van der Waals surface area contributed by atoms with Gasteiger partial charge in [-0.2, -0.15) is 17.6 Å². The molecular formula is C11H10F4N2. The van der Waals surface area contributed by atoms with E-state index in [9.17, 15) is 17.6 Å². The summed E-state index contributed by atoms with van der Waals surface area (Å²) in [6, 6.07) is 0. The van der Waals surface area contributed by atoms with Gasteiger partial charge in [-0.1, -0.05) is 0 Å². The van der Waals surface area contributed by atoms with E-state index in [1.165, 1.54) is 13.8 Å². The second-order valence-corrected chi connectivity index (χ2v) is 4.81. The van der Waals surface area contributed by atoms with Crippen LogP contribution in [-0.4, -0.2) is 15.9 Å². The Labute approximate surface area is 95.1 Å². The molecule has 0 bridgehead atoms. The molecule has 0 amide bonds. The van der Waals surface area contributed by atoms with Crippen molar-refractivity contribution in [2.24, 2.45) is 0 Å². The number of halogens is 4. The summed E-state index contributed by atoms with van der Waals surface area (Å²) in [5.74, 6) is -8.12. The molecule has 0 unspecified atom stereocenters. The molecule has 2 nitrogen and oxygen atoms in total. The predicted octanol–water partition coefficient (Wildman–Crippen LogP) is 2.87. The molecule has 0 N–H and O–H groups in total. The van der Waals surface area contributed by atoms with Gasteiger partial charge in [0, 0.05) is 11.3 Å². The summed E-state index contributed by atoms with van der Waals surface area (Å²) in [7, 11) is 0. The summed E-state index contributed by atoms with van der Waals surface area (Å²) in [5.41, 5.74) is -2.27. The van der Waals surface area contributed by atoms with Gasteiger partial charge in [-0.05, 0) is 26.7 Å². The average molecular weight is 246 g/mol. The molecular weight excluding hydrogens is 236 g/mol. The first-order valence-corrected chi connectivity index (χ1v) is 5.36. The maximum absolute atomic E-state index is 13.8. The Morgan fingerprint density at radius 1 is 1.00 bits per heavy atom. The topological polar surface area (TPSA) is 25.8 Å². The minimum Gasteiger partial charge on any atom is -0.238 e. The number of aromatic nitrogens is 2. The summed E-state index contributed by atoms with van der Waals surface area (Å²) in [4.78, 5) is 7.49. The first kappa shape index (κ1) is 10.9. The van der Waals surface area contributed by atoms with Crippen LogP contribution in [0, 0.1) is 13.8 Å². The van der Waals surface area contributed by atoms with E-state index in [-0.39, 0.29) is 29.9 Å². The Morgan fingerprint density at radius 3 is 2.12 bits per heavy atom. The monoisotopic (exact) mass is 246 g/mol. The first-order chi connectivity index (χ1) is 7.74. The summed E-state index contributed by atoms with van der Waals surface area (Å²) < 4.78 is 55.2. The second-order valence-electron chi connectivity index (χ2n) is 4.81. The summed E-state index contributed by atoms with van der Waals surface area (Å²) in [5, 5.41) is 0. The number of fused-ring (bicyclic) bond motifs is 2. The van der Waals surface area contributed by atoms with Crippen molar-refractivity contribution in [3.63, 3.8) is 0 Å². The molecule has 1 fully saturated rings. The third-order valence-electron chi connectivity index (χ3n) is 3.72. The van der Waals surface area contributed by atoms with Crippen LogP contribution in [0.5, 0.6) is 0 Å². The molecule has 2 aliphatic carbocycles. The molecule has 2 aliphatic rings. The molecule has 0 aliphatic heterocycles. The Morgan fingerprint density at radius 2 is 1.59 bits per heavy atom. The largest absolute Gasteiger partial charge is 0.353 e. The van der Waals surface area contributed by atoms with Crippen molar-refractivity contribution in [1.82, 2.24) is 9.97 Å². The van der Waals surface area contributed by atoms with Crippen molar-refractivity contribution in [2.45, 2.75) is 43.9 Å². The zero-order valence-electron chi connectivity index (χ0n) is 9.32. The summed E-state index contributed by atoms with van der Waals surface area (Å²) >= 11 is 0. The fourth-order valence-electron chi connectivity index (χ4n) is 2.81. The molecule has 0 radical (unpaired) electrons. The zero-order valence-corrected chi connectivity index (χ0v) is 9.32. The van der Waals surface area contributed by atoms with Gasteiger partial charge in [0.1, 0.15) is 11.5 Å². The van der Waals surface area contributed by atoms with Crippen LogP contribution in [0.1, 0.15) is 35.6 Å². The van der Waals surface area contributed by atoms with E-state index < -0.39 is 23.0 Å². The van der Waals surface area contributed by atoms with Gasteiger partial charge in [0.05, 0.1) is 5.41 Å². The number of rotatable bonds is 0. The summed E-state index contributed by atoms with van der Waals surface area (Å²) in [6.07, 6.45) is 0.158. The number of nitrogens with zero attached hydrogens (tertiary/aromatic N) is 2. The molecule has 92 valence electrons. The molecule has 0 saturated heterocycles. The Kier molecular flexibility index (Phi) is 1.68. The molecule has 1 spiro atoms. The fourth-order valence-corrected chi connectivity index (χ4v) is 2.81. The first-order valence-electron chi connectivity index (χ1n) is 5.36. The van der Waals surface area contributed by atoms with Gasteiger partial charge < -0.3 is 0 Å². The van der Waals surface area contributed by atoms with Crippen molar-refractivity contribution in [1.29, 1.82) is 0 Å². The molecule has 3 rings (SSSR count). The lowest BCUT2D eigenvalue weighted by molar-refractivity contribution is -0.222. The van der Waals surface area contributed by atoms with Gasteiger partial charge in [0.2, 0.25) is 0 Å². The van der Waals surface area contributed by atoms with E-state index in [4.69, 9.17) is 0 Å². The Balaban J connectivity index is 2.37. The number of hydrogen-bond donors (Lipinski definition) is 0. The van der Waals surface area contributed by atoms with Crippen LogP contribution in [0.25, 0.3) is 0 Å². The summed E-state index contributed by atoms with van der Waals surface area (Å²) in [6.45, 7) is 2.92. The number of alkyl halides is 4. The fraction of sp³-hybridized carbons (Fsp3) is 0.636. The van der Waals surface area contributed by atoms with E-state index in [1.54, 1.807) is 0 Å². The van der Waals surface area contributed by atoms with Crippen molar-refractivity contribution < 1.29 is 17.6 Å². The highest BCUT2D eigenvalue weighted by Crippen LogP contribution is 2.71. The van der Waals surface area contributed by atoms with E-state index in [0.29, 0.717) is 0 Å². The van der Waals surface area contributed by atoms with E-state index in [1.807, 2.05) is 0 Å². The van der Waals surface area contributed by atoms with E-state index >= 15 is 0 Å². The molecule has 0 aromatic carbocycles. The molecule has 1 heterocycles. The van der Waals surface area contributed by atoms with Crippen LogP contribution in [-0.2, 0) is 11.3 Å². The Hall–Kier alpha value is -1.20. The van der Waals surface area contributed by atoms with Crippen molar-refractivity contribution in [3.05, 3.63) is 22.8 Å². The maximum atomic E-state index is 13.8. The van der Waals surface area contributed by atoms with Crippen LogP contribution in [0.3, 0.4) is 0 Å². The van der Waals surface area contributed by atoms with Gasteiger partial charge in [-0.25, -0.2) is 9.97 Å². The highest BCUT2D eigenvalue weighted by Gasteiger charge is 2.81. The number of aryl methyl sites for hydroxylation is 2.